The summed E-state index contributed by atoms with van der Waals surface area (Å²) in [6.07, 6.45) is 0.685. The van der Waals surface area contributed by atoms with E-state index in [9.17, 15) is 5.26 Å². The highest BCUT2D eigenvalue weighted by molar-refractivity contribution is 5.49. The van der Waals surface area contributed by atoms with E-state index in [1.807, 2.05) is 61.5 Å². The molecule has 2 aromatic rings. The summed E-state index contributed by atoms with van der Waals surface area (Å²) in [7, 11) is 5.66. The Bertz CT molecular complexity index is 644. The Morgan fingerprint density at radius 2 is 1.90 bits per heavy atom. The molecular formula is C18H20N2O. The SMILES string of the molecule is COc1cccc(CC(C#N)c2cccc(N(C)C)c2)c1. The lowest BCUT2D eigenvalue weighted by molar-refractivity contribution is 0.414. The number of hydrogen-bond acceptors (Lipinski definition) is 3. The number of nitriles is 1. The van der Waals surface area contributed by atoms with Gasteiger partial charge in [-0.15, -0.1) is 0 Å². The zero-order valence-corrected chi connectivity index (χ0v) is 12.7. The Kier molecular flexibility index (Phi) is 4.84. The van der Waals surface area contributed by atoms with Gasteiger partial charge in [0, 0.05) is 19.8 Å². The van der Waals surface area contributed by atoms with Gasteiger partial charge in [0.2, 0.25) is 0 Å². The standard InChI is InChI=1S/C18H20N2O/c1-20(2)17-8-5-7-15(12-17)16(13-19)10-14-6-4-9-18(11-14)21-3/h4-9,11-12,16H,10H2,1-3H3. The van der Waals surface area contributed by atoms with Gasteiger partial charge >= 0.3 is 0 Å². The maximum Gasteiger partial charge on any atom is 0.119 e. The molecular weight excluding hydrogens is 260 g/mol. The third kappa shape index (κ3) is 3.76. The van der Waals surface area contributed by atoms with Gasteiger partial charge in [-0.2, -0.15) is 5.26 Å². The van der Waals surface area contributed by atoms with E-state index in [1.165, 1.54) is 0 Å². The van der Waals surface area contributed by atoms with Crippen LogP contribution in [0.15, 0.2) is 48.5 Å². The van der Waals surface area contributed by atoms with Crippen LogP contribution < -0.4 is 9.64 Å². The van der Waals surface area contributed by atoms with Crippen LogP contribution in [0.5, 0.6) is 5.75 Å². The van der Waals surface area contributed by atoms with Gasteiger partial charge in [-0.1, -0.05) is 24.3 Å². The van der Waals surface area contributed by atoms with Crippen molar-refractivity contribution in [2.75, 3.05) is 26.1 Å². The third-order valence-corrected chi connectivity index (χ3v) is 3.52. The second kappa shape index (κ2) is 6.81. The Balaban J connectivity index is 2.24. The van der Waals surface area contributed by atoms with E-state index in [0.717, 1.165) is 22.6 Å². The number of nitrogens with zero attached hydrogens (tertiary/aromatic N) is 2. The highest BCUT2D eigenvalue weighted by Crippen LogP contribution is 2.25. The molecule has 3 heteroatoms. The fraction of sp³-hybridized carbons (Fsp3) is 0.278. The largest absolute Gasteiger partial charge is 0.497 e. The maximum absolute atomic E-state index is 9.50. The highest BCUT2D eigenvalue weighted by Gasteiger charge is 2.13. The number of ether oxygens (including phenoxy) is 1. The van der Waals surface area contributed by atoms with Crippen LogP contribution in [0.1, 0.15) is 17.0 Å². The summed E-state index contributed by atoms with van der Waals surface area (Å²) < 4.78 is 5.24. The minimum absolute atomic E-state index is 0.156. The molecule has 0 fully saturated rings. The van der Waals surface area contributed by atoms with Gasteiger partial charge in [-0.25, -0.2) is 0 Å². The van der Waals surface area contributed by atoms with Crippen molar-refractivity contribution in [1.82, 2.24) is 0 Å². The Labute approximate surface area is 126 Å². The normalized spacial score (nSPS) is 11.5. The molecule has 2 rings (SSSR count). The molecule has 0 aliphatic heterocycles. The lowest BCUT2D eigenvalue weighted by atomic mass is 9.93. The van der Waals surface area contributed by atoms with Crippen molar-refractivity contribution in [3.8, 4) is 11.8 Å². The van der Waals surface area contributed by atoms with Crippen LogP contribution in [0.2, 0.25) is 0 Å². The smallest absolute Gasteiger partial charge is 0.119 e. The Hall–Kier alpha value is -2.47. The van der Waals surface area contributed by atoms with E-state index in [2.05, 4.69) is 12.1 Å². The predicted molar refractivity (Wildman–Crippen MR) is 85.8 cm³/mol. The molecule has 0 saturated carbocycles. The first kappa shape index (κ1) is 14.9. The van der Waals surface area contributed by atoms with Gasteiger partial charge in [0.15, 0.2) is 0 Å². The molecule has 1 atom stereocenters. The van der Waals surface area contributed by atoms with Gasteiger partial charge in [-0.3, -0.25) is 0 Å². The average Bonchev–Trinajstić information content (AvgIpc) is 2.53. The molecule has 0 heterocycles. The summed E-state index contributed by atoms with van der Waals surface area (Å²) in [5, 5.41) is 9.50. The number of anilines is 1. The second-order valence-corrected chi connectivity index (χ2v) is 5.23. The molecule has 0 spiro atoms. The molecule has 0 radical (unpaired) electrons. The quantitative estimate of drug-likeness (QED) is 0.839. The van der Waals surface area contributed by atoms with E-state index in [0.29, 0.717) is 6.42 Å². The van der Waals surface area contributed by atoms with Crippen LogP contribution in [0.3, 0.4) is 0 Å². The molecule has 0 aliphatic rings. The number of hydrogen-bond donors (Lipinski definition) is 0. The average molecular weight is 280 g/mol. The molecule has 1 unspecified atom stereocenters. The van der Waals surface area contributed by atoms with E-state index < -0.39 is 0 Å². The molecule has 0 saturated heterocycles. The summed E-state index contributed by atoms with van der Waals surface area (Å²) in [5.74, 6) is 0.670. The molecule has 0 N–H and O–H groups in total. The van der Waals surface area contributed by atoms with E-state index in [-0.39, 0.29) is 5.92 Å². The number of rotatable bonds is 5. The zero-order valence-electron chi connectivity index (χ0n) is 12.7. The molecule has 0 amide bonds. The summed E-state index contributed by atoms with van der Waals surface area (Å²) >= 11 is 0. The molecule has 2 aromatic carbocycles. The summed E-state index contributed by atoms with van der Waals surface area (Å²) in [4.78, 5) is 2.05. The fourth-order valence-electron chi connectivity index (χ4n) is 2.29. The molecule has 0 aliphatic carbocycles. The molecule has 0 bridgehead atoms. The maximum atomic E-state index is 9.50. The van der Waals surface area contributed by atoms with Crippen molar-refractivity contribution in [2.24, 2.45) is 0 Å². The van der Waals surface area contributed by atoms with E-state index in [1.54, 1.807) is 7.11 Å². The van der Waals surface area contributed by atoms with Crippen molar-refractivity contribution < 1.29 is 4.74 Å². The van der Waals surface area contributed by atoms with Gasteiger partial charge in [0.05, 0.1) is 19.1 Å². The first-order chi connectivity index (χ1) is 10.1. The Morgan fingerprint density at radius 1 is 1.14 bits per heavy atom. The highest BCUT2D eigenvalue weighted by atomic mass is 16.5. The van der Waals surface area contributed by atoms with Crippen molar-refractivity contribution in [3.63, 3.8) is 0 Å². The van der Waals surface area contributed by atoms with Crippen LogP contribution in [0.4, 0.5) is 5.69 Å². The molecule has 3 nitrogen and oxygen atoms in total. The van der Waals surface area contributed by atoms with Crippen molar-refractivity contribution >= 4 is 5.69 Å². The van der Waals surface area contributed by atoms with Crippen molar-refractivity contribution in [2.45, 2.75) is 12.3 Å². The van der Waals surface area contributed by atoms with Gasteiger partial charge < -0.3 is 9.64 Å². The van der Waals surface area contributed by atoms with Gasteiger partial charge in [0.25, 0.3) is 0 Å². The number of methoxy groups -OCH3 is 1. The molecule has 0 aromatic heterocycles. The minimum atomic E-state index is -0.156. The van der Waals surface area contributed by atoms with Crippen LogP contribution in [0, 0.1) is 11.3 Å². The van der Waals surface area contributed by atoms with Crippen LogP contribution in [-0.4, -0.2) is 21.2 Å². The van der Waals surface area contributed by atoms with Crippen molar-refractivity contribution in [1.29, 1.82) is 5.26 Å². The summed E-state index contributed by atoms with van der Waals surface area (Å²) in [6.45, 7) is 0. The lowest BCUT2D eigenvalue weighted by Gasteiger charge is -2.16. The van der Waals surface area contributed by atoms with Crippen LogP contribution in [-0.2, 0) is 6.42 Å². The molecule has 21 heavy (non-hydrogen) atoms. The van der Waals surface area contributed by atoms with Crippen molar-refractivity contribution in [3.05, 3.63) is 59.7 Å². The summed E-state index contributed by atoms with van der Waals surface area (Å²) in [5.41, 5.74) is 3.26. The van der Waals surface area contributed by atoms with E-state index >= 15 is 0 Å². The second-order valence-electron chi connectivity index (χ2n) is 5.23. The van der Waals surface area contributed by atoms with E-state index in [4.69, 9.17) is 4.74 Å². The zero-order chi connectivity index (χ0) is 15.2. The first-order valence-corrected chi connectivity index (χ1v) is 6.94. The van der Waals surface area contributed by atoms with Gasteiger partial charge in [0.1, 0.15) is 5.75 Å². The summed E-state index contributed by atoms with van der Waals surface area (Å²) in [6, 6.07) is 18.4. The third-order valence-electron chi connectivity index (χ3n) is 3.52. The fourth-order valence-corrected chi connectivity index (χ4v) is 2.29. The predicted octanol–water partition coefficient (Wildman–Crippen LogP) is 3.61. The topological polar surface area (TPSA) is 36.3 Å². The van der Waals surface area contributed by atoms with Gasteiger partial charge in [-0.05, 0) is 41.8 Å². The van der Waals surface area contributed by atoms with Crippen LogP contribution >= 0.6 is 0 Å². The number of benzene rings is 2. The van der Waals surface area contributed by atoms with Crippen LogP contribution in [0.25, 0.3) is 0 Å². The Morgan fingerprint density at radius 3 is 2.57 bits per heavy atom. The molecule has 108 valence electrons. The lowest BCUT2D eigenvalue weighted by Crippen LogP contribution is -2.09. The monoisotopic (exact) mass is 280 g/mol. The first-order valence-electron chi connectivity index (χ1n) is 6.94. The minimum Gasteiger partial charge on any atom is -0.497 e.